The van der Waals surface area contributed by atoms with E-state index in [0.717, 1.165) is 31.2 Å². The first-order valence-corrected chi connectivity index (χ1v) is 8.67. The minimum Gasteiger partial charge on any atom is -0.329 e. The van der Waals surface area contributed by atoms with Crippen LogP contribution >= 0.6 is 0 Å². The third-order valence-corrected chi connectivity index (χ3v) is 5.59. The molecule has 2 heterocycles. The van der Waals surface area contributed by atoms with E-state index in [1.807, 2.05) is 0 Å². The van der Waals surface area contributed by atoms with Gasteiger partial charge in [-0.1, -0.05) is 19.4 Å². The quantitative estimate of drug-likeness (QED) is 0.906. The maximum atomic E-state index is 14.5. The predicted octanol–water partition coefficient (Wildman–Crippen LogP) is 3.23. The van der Waals surface area contributed by atoms with E-state index in [9.17, 15) is 14.0 Å². The van der Waals surface area contributed by atoms with E-state index in [1.165, 1.54) is 6.07 Å². The molecule has 2 aliphatic heterocycles. The van der Waals surface area contributed by atoms with Crippen molar-refractivity contribution in [1.29, 1.82) is 0 Å². The van der Waals surface area contributed by atoms with Crippen LogP contribution in [0.3, 0.4) is 0 Å². The van der Waals surface area contributed by atoms with Crippen molar-refractivity contribution >= 4 is 11.8 Å². The van der Waals surface area contributed by atoms with Crippen molar-refractivity contribution < 1.29 is 14.0 Å². The summed E-state index contributed by atoms with van der Waals surface area (Å²) in [6, 6.07) is 2.50. The minimum atomic E-state index is -0.491. The van der Waals surface area contributed by atoms with Crippen molar-refractivity contribution in [3.63, 3.8) is 0 Å². The number of hydrogen-bond acceptors (Lipinski definition) is 2. The zero-order valence-electron chi connectivity index (χ0n) is 13.6. The van der Waals surface area contributed by atoms with Gasteiger partial charge in [-0.3, -0.25) is 9.59 Å². The molecular formula is C19H21FN2O2. The second-order valence-corrected chi connectivity index (χ2v) is 7.05. The second-order valence-electron chi connectivity index (χ2n) is 7.05. The third kappa shape index (κ3) is 2.34. The second kappa shape index (κ2) is 5.72. The number of halogens is 1. The monoisotopic (exact) mass is 328 g/mol. The lowest BCUT2D eigenvalue weighted by Crippen LogP contribution is -2.49. The van der Waals surface area contributed by atoms with Gasteiger partial charge in [0.1, 0.15) is 11.9 Å². The summed E-state index contributed by atoms with van der Waals surface area (Å²) in [6.07, 6.45) is 5.42. The molecular weight excluding hydrogens is 307 g/mol. The topological polar surface area (TPSA) is 49.4 Å². The molecule has 0 spiro atoms. The molecule has 1 unspecified atom stereocenters. The van der Waals surface area contributed by atoms with Gasteiger partial charge in [0.2, 0.25) is 5.91 Å². The molecule has 1 N–H and O–H groups in total. The Kier molecular flexibility index (Phi) is 3.66. The van der Waals surface area contributed by atoms with Crippen LogP contribution in [0.15, 0.2) is 24.4 Å². The number of hydrogen-bond donors (Lipinski definition) is 1. The highest BCUT2D eigenvalue weighted by Gasteiger charge is 2.40. The molecule has 4 nitrogen and oxygen atoms in total. The molecule has 3 aliphatic rings. The predicted molar refractivity (Wildman–Crippen MR) is 87.8 cm³/mol. The number of amides is 2. The molecule has 4 rings (SSSR count). The number of nitrogens with one attached hydrogen (secondary N) is 1. The third-order valence-electron chi connectivity index (χ3n) is 5.59. The Balaban J connectivity index is 1.68. The maximum Gasteiger partial charge on any atom is 0.255 e. The lowest BCUT2D eigenvalue weighted by atomic mass is 9.90. The van der Waals surface area contributed by atoms with E-state index < -0.39 is 6.04 Å². The Labute approximate surface area is 140 Å². The largest absolute Gasteiger partial charge is 0.329 e. The maximum absolute atomic E-state index is 14.5. The van der Waals surface area contributed by atoms with Crippen LogP contribution in [0.4, 0.5) is 4.39 Å². The van der Waals surface area contributed by atoms with Gasteiger partial charge >= 0.3 is 0 Å². The highest BCUT2D eigenvalue weighted by molar-refractivity contribution is 6.01. The van der Waals surface area contributed by atoms with E-state index in [1.54, 1.807) is 11.0 Å². The van der Waals surface area contributed by atoms with E-state index in [0.29, 0.717) is 36.2 Å². The number of rotatable bonds is 2. The van der Waals surface area contributed by atoms with Crippen LogP contribution < -0.4 is 5.32 Å². The van der Waals surface area contributed by atoms with E-state index in [2.05, 4.69) is 11.9 Å². The summed E-state index contributed by atoms with van der Waals surface area (Å²) in [7, 11) is 0. The molecule has 1 aliphatic carbocycles. The first-order valence-electron chi connectivity index (χ1n) is 8.67. The zero-order chi connectivity index (χ0) is 16.8. The van der Waals surface area contributed by atoms with Gasteiger partial charge in [-0.05, 0) is 54.9 Å². The number of fused-ring (bicyclic) bond motifs is 1. The molecule has 2 amide bonds. The number of benzene rings is 1. The molecule has 24 heavy (non-hydrogen) atoms. The molecule has 0 aromatic heterocycles. The zero-order valence-corrected chi connectivity index (χ0v) is 13.6. The number of carbonyl (C=O) groups is 2. The van der Waals surface area contributed by atoms with Crippen molar-refractivity contribution in [3.8, 4) is 0 Å². The van der Waals surface area contributed by atoms with Crippen molar-refractivity contribution in [2.45, 2.75) is 57.0 Å². The Morgan fingerprint density at radius 3 is 2.62 bits per heavy atom. The number of allylic oxidation sites excluding steroid dienone is 1. The molecule has 1 atom stereocenters. The minimum absolute atomic E-state index is 0.156. The lowest BCUT2D eigenvalue weighted by molar-refractivity contribution is -0.126. The van der Waals surface area contributed by atoms with Crippen LogP contribution in [-0.2, 0) is 11.3 Å². The van der Waals surface area contributed by atoms with Gasteiger partial charge in [-0.25, -0.2) is 4.39 Å². The summed E-state index contributed by atoms with van der Waals surface area (Å²) < 4.78 is 14.5. The van der Waals surface area contributed by atoms with Gasteiger partial charge in [0.05, 0.1) is 0 Å². The fraction of sp³-hybridized carbons (Fsp3) is 0.474. The summed E-state index contributed by atoms with van der Waals surface area (Å²) in [5, 5.41) is 2.73. The number of piperidine rings is 1. The Bertz CT molecular complexity index is 737. The summed E-state index contributed by atoms with van der Waals surface area (Å²) >= 11 is 0. The van der Waals surface area contributed by atoms with E-state index in [4.69, 9.17) is 0 Å². The van der Waals surface area contributed by atoms with Crippen molar-refractivity contribution in [3.05, 3.63) is 46.9 Å². The van der Waals surface area contributed by atoms with Gasteiger partial charge in [0.15, 0.2) is 0 Å². The first kappa shape index (κ1) is 15.4. The molecule has 126 valence electrons. The summed E-state index contributed by atoms with van der Waals surface area (Å²) in [5.41, 5.74) is 2.76. The molecule has 5 heteroatoms. The fourth-order valence-electron chi connectivity index (χ4n) is 4.37. The van der Waals surface area contributed by atoms with Crippen molar-refractivity contribution in [2.75, 3.05) is 0 Å². The van der Waals surface area contributed by atoms with E-state index in [-0.39, 0.29) is 23.5 Å². The van der Waals surface area contributed by atoms with Gasteiger partial charge in [0.25, 0.3) is 5.91 Å². The molecule has 1 saturated heterocycles. The van der Waals surface area contributed by atoms with Crippen LogP contribution in [0.1, 0.15) is 65.9 Å². The van der Waals surface area contributed by atoms with Gasteiger partial charge < -0.3 is 10.2 Å². The first-order chi connectivity index (χ1) is 11.6. The van der Waals surface area contributed by atoms with Crippen LogP contribution in [-0.4, -0.2) is 22.8 Å². The summed E-state index contributed by atoms with van der Waals surface area (Å²) in [4.78, 5) is 26.7. The average molecular weight is 328 g/mol. The molecule has 1 aromatic carbocycles. The molecule has 0 bridgehead atoms. The van der Waals surface area contributed by atoms with Crippen molar-refractivity contribution in [2.24, 2.45) is 0 Å². The molecule has 1 aromatic rings. The fourth-order valence-corrected chi connectivity index (χ4v) is 4.37. The Morgan fingerprint density at radius 1 is 1.17 bits per heavy atom. The SMILES string of the molecule is C=C1CCC(N2Cc3c(ccc(F)c3C3CCCC3)C2=O)C(=O)N1. The van der Waals surface area contributed by atoms with Gasteiger partial charge in [-0.2, -0.15) is 0 Å². The highest BCUT2D eigenvalue weighted by atomic mass is 19.1. The normalized spacial score (nSPS) is 24.5. The Hall–Kier alpha value is -2.17. The summed E-state index contributed by atoms with van der Waals surface area (Å²) in [5.74, 6) is -0.350. The lowest BCUT2D eigenvalue weighted by Gasteiger charge is -2.31. The van der Waals surface area contributed by atoms with E-state index >= 15 is 0 Å². The number of carbonyl (C=O) groups excluding carboxylic acids is 2. The van der Waals surface area contributed by atoms with Gasteiger partial charge in [-0.15, -0.1) is 0 Å². The van der Waals surface area contributed by atoms with Crippen LogP contribution in [0, 0.1) is 5.82 Å². The molecule has 2 fully saturated rings. The Morgan fingerprint density at radius 2 is 1.92 bits per heavy atom. The molecule has 1 saturated carbocycles. The van der Waals surface area contributed by atoms with Gasteiger partial charge in [0, 0.05) is 17.8 Å². The van der Waals surface area contributed by atoms with Crippen LogP contribution in [0.25, 0.3) is 0 Å². The summed E-state index contributed by atoms with van der Waals surface area (Å²) in [6.45, 7) is 4.11. The number of nitrogens with zero attached hydrogens (tertiary/aromatic N) is 1. The van der Waals surface area contributed by atoms with Crippen LogP contribution in [0.2, 0.25) is 0 Å². The van der Waals surface area contributed by atoms with Crippen molar-refractivity contribution in [1.82, 2.24) is 10.2 Å². The standard InChI is InChI=1S/C19H21FN2O2/c1-11-6-9-16(18(23)21-11)22-10-14-13(19(22)24)7-8-15(20)17(14)12-4-2-3-5-12/h7-8,12,16H,1-6,9-10H2,(H,21,23). The smallest absolute Gasteiger partial charge is 0.255 e. The molecule has 0 radical (unpaired) electrons. The highest BCUT2D eigenvalue weighted by Crippen LogP contribution is 2.41. The van der Waals surface area contributed by atoms with Crippen LogP contribution in [0.5, 0.6) is 0 Å². The average Bonchev–Trinajstić information content (AvgIpc) is 3.16.